The zero-order valence-corrected chi connectivity index (χ0v) is 25.6. The van der Waals surface area contributed by atoms with Gasteiger partial charge >= 0.3 is 12.1 Å². The molecule has 1 aliphatic rings. The van der Waals surface area contributed by atoms with Crippen molar-refractivity contribution in [3.63, 3.8) is 0 Å². The lowest BCUT2D eigenvalue weighted by Crippen LogP contribution is -2.60. The lowest BCUT2D eigenvalue weighted by molar-refractivity contribution is -0.138. The van der Waals surface area contributed by atoms with Crippen molar-refractivity contribution >= 4 is 107 Å². The molecule has 0 saturated carbocycles. The molecule has 18 heteroatoms. The predicted octanol–water partition coefficient (Wildman–Crippen LogP) is 2.41. The van der Waals surface area contributed by atoms with E-state index in [1.165, 1.54) is 25.1 Å². The van der Waals surface area contributed by atoms with Crippen molar-refractivity contribution in [1.29, 1.82) is 0 Å². The Morgan fingerprint density at radius 3 is 2.13 bits per heavy atom. The third-order valence-corrected chi connectivity index (χ3v) is 8.77. The quantitative estimate of drug-likeness (QED) is 0.365. The monoisotopic (exact) mass is 657 g/mol. The van der Waals surface area contributed by atoms with Crippen LogP contribution in [-0.4, -0.2) is 102 Å². The van der Waals surface area contributed by atoms with E-state index in [1.54, 1.807) is 18.2 Å². The largest absolute Gasteiger partial charge is 0.481 e. The van der Waals surface area contributed by atoms with Gasteiger partial charge in [0.2, 0.25) is 0 Å². The first-order valence-corrected chi connectivity index (χ1v) is 14.2. The van der Waals surface area contributed by atoms with Crippen molar-refractivity contribution in [2.75, 3.05) is 11.4 Å². The van der Waals surface area contributed by atoms with Gasteiger partial charge in [0.15, 0.2) is 0 Å². The van der Waals surface area contributed by atoms with Crippen LogP contribution < -0.4 is 10.2 Å². The zero-order valence-electron chi connectivity index (χ0n) is 24.0. The Kier molecular flexibility index (Phi) is 9.30. The molecule has 1 atom stereocenters. The van der Waals surface area contributed by atoms with Gasteiger partial charge in [-0.1, -0.05) is 34.1 Å². The maximum absolute atomic E-state index is 14.0. The Balaban J connectivity index is 1.84. The number of aromatic nitrogens is 1. The standard InChI is InChI=1S/C27H19B8BrF3N3O3/c1-12-20(22(45)40-11-13(6-9-19(43)44)15-4-2-3-5-17(15)23(37,38)39)16-10-14(36)7-8-18(16)41-21(12)42-26(32,33)24(28,29)25(30,31)27(42,34)35/h2-5,7-8,10,13H,6,9,11H2,1H3,(H,40,45)(H,43,44). The van der Waals surface area contributed by atoms with Crippen molar-refractivity contribution in [3.05, 3.63) is 69.2 Å². The molecule has 3 aromatic rings. The summed E-state index contributed by atoms with van der Waals surface area (Å²) < 4.78 is 42.2. The first kappa shape index (κ1) is 35.2. The van der Waals surface area contributed by atoms with Crippen LogP contribution in [-0.2, 0) is 11.0 Å². The van der Waals surface area contributed by atoms with Gasteiger partial charge in [0, 0.05) is 34.3 Å². The van der Waals surface area contributed by atoms with Crippen molar-refractivity contribution in [1.82, 2.24) is 10.3 Å². The van der Waals surface area contributed by atoms with E-state index in [9.17, 15) is 27.9 Å². The summed E-state index contributed by atoms with van der Waals surface area (Å²) in [7, 11) is 50.2. The van der Waals surface area contributed by atoms with Crippen LogP contribution in [0.4, 0.5) is 19.0 Å². The first-order chi connectivity index (χ1) is 20.6. The van der Waals surface area contributed by atoms with Gasteiger partial charge in [0.25, 0.3) is 5.91 Å². The summed E-state index contributed by atoms with van der Waals surface area (Å²) in [6, 6.07) is 9.57. The minimum Gasteiger partial charge on any atom is -0.481 e. The highest BCUT2D eigenvalue weighted by Gasteiger charge is 2.63. The number of pyridine rings is 1. The lowest BCUT2D eigenvalue weighted by Gasteiger charge is -2.49. The molecule has 16 radical (unpaired) electrons. The lowest BCUT2D eigenvalue weighted by atomic mass is 9.17. The molecule has 1 saturated heterocycles. The Hall–Kier alpha value is -2.62. The number of carboxylic acids is 1. The summed E-state index contributed by atoms with van der Waals surface area (Å²) in [5.41, 5.74) is -0.768. The number of carbonyl (C=O) groups is 2. The molecule has 6 nitrogen and oxygen atoms in total. The number of carboxylic acid groups (broad SMARTS) is 1. The van der Waals surface area contributed by atoms with Gasteiger partial charge in [-0.05, 0) is 53.8 Å². The molecule has 1 amide bonds. The summed E-state index contributed by atoms with van der Waals surface area (Å²) in [5.74, 6) is -3.13. The molecule has 212 valence electrons. The van der Waals surface area contributed by atoms with E-state index >= 15 is 0 Å². The summed E-state index contributed by atoms with van der Waals surface area (Å²) in [6.07, 6.45) is -5.35. The average Bonchev–Trinajstić information content (AvgIpc) is 2.99. The second kappa shape index (κ2) is 11.9. The molecule has 1 aliphatic heterocycles. The van der Waals surface area contributed by atoms with E-state index in [0.29, 0.717) is 9.86 Å². The molecule has 0 aliphatic carbocycles. The number of amides is 1. The maximum Gasteiger partial charge on any atom is 0.416 e. The Morgan fingerprint density at radius 2 is 1.58 bits per heavy atom. The molecule has 0 spiro atoms. The number of halogens is 4. The minimum atomic E-state index is -4.72. The number of anilines is 1. The van der Waals surface area contributed by atoms with Gasteiger partial charge in [-0.15, -0.1) is 10.4 Å². The highest BCUT2D eigenvalue weighted by Crippen LogP contribution is 2.64. The number of nitrogens with one attached hydrogen (secondary N) is 1. The van der Waals surface area contributed by atoms with E-state index in [-0.39, 0.29) is 41.0 Å². The molecule has 0 bridgehead atoms. The molecule has 45 heavy (non-hydrogen) atoms. The highest BCUT2D eigenvalue weighted by molar-refractivity contribution is 9.10. The topological polar surface area (TPSA) is 82.5 Å². The molecule has 2 aromatic carbocycles. The number of nitrogens with zero attached hydrogens (tertiary/aromatic N) is 2. The Morgan fingerprint density at radius 1 is 1.00 bits per heavy atom. The third-order valence-electron chi connectivity index (χ3n) is 8.28. The number of rotatable bonds is 8. The summed E-state index contributed by atoms with van der Waals surface area (Å²) in [4.78, 5) is 30.8. The van der Waals surface area contributed by atoms with E-state index in [0.717, 1.165) is 11.0 Å². The van der Waals surface area contributed by atoms with Gasteiger partial charge in [-0.25, -0.2) is 4.98 Å². The van der Waals surface area contributed by atoms with Crippen LogP contribution in [0.2, 0.25) is 10.4 Å². The first-order valence-electron chi connectivity index (χ1n) is 13.4. The summed E-state index contributed by atoms with van der Waals surface area (Å²) in [6.45, 7) is 1.13. The van der Waals surface area contributed by atoms with Gasteiger partial charge < -0.3 is 15.3 Å². The van der Waals surface area contributed by atoms with Gasteiger partial charge in [0.1, 0.15) is 5.82 Å². The van der Waals surface area contributed by atoms with Crippen LogP contribution in [0, 0.1) is 6.92 Å². The number of aliphatic carboxylic acids is 1. The predicted molar refractivity (Wildman–Crippen MR) is 177 cm³/mol. The number of carbonyl (C=O) groups excluding carboxylic acids is 1. The number of benzene rings is 2. The fourth-order valence-corrected chi connectivity index (χ4v) is 5.96. The van der Waals surface area contributed by atoms with Crippen molar-refractivity contribution in [3.8, 4) is 0 Å². The van der Waals surface area contributed by atoms with Crippen LogP contribution in [0.15, 0.2) is 46.9 Å². The summed E-state index contributed by atoms with van der Waals surface area (Å²) >= 11 is 3.37. The Bertz CT molecular complexity index is 1650. The number of alkyl halides is 3. The average molecular weight is 657 g/mol. The molecule has 2 heterocycles. The fraction of sp³-hybridized carbons (Fsp3) is 0.370. The third kappa shape index (κ3) is 5.89. The number of fused-ring (bicyclic) bond motifs is 1. The van der Waals surface area contributed by atoms with Crippen LogP contribution in [0.1, 0.15) is 45.8 Å². The fourth-order valence-electron chi connectivity index (χ4n) is 5.60. The van der Waals surface area contributed by atoms with E-state index in [2.05, 4.69) is 26.2 Å². The molecule has 2 N–H and O–H groups in total. The number of hydrogen-bond donors (Lipinski definition) is 2. The smallest absolute Gasteiger partial charge is 0.416 e. The van der Waals surface area contributed by atoms with Crippen molar-refractivity contribution in [2.24, 2.45) is 0 Å². The molecule has 4 rings (SSSR count). The van der Waals surface area contributed by atoms with E-state index < -0.39 is 57.1 Å². The van der Waals surface area contributed by atoms with Crippen LogP contribution in [0.5, 0.6) is 0 Å². The van der Waals surface area contributed by atoms with Crippen molar-refractivity contribution < 1.29 is 27.9 Å². The normalized spacial score (nSPS) is 18.8. The summed E-state index contributed by atoms with van der Waals surface area (Å²) in [5, 5.41) is 2.98. The van der Waals surface area contributed by atoms with E-state index in [1.807, 2.05) is 0 Å². The highest BCUT2D eigenvalue weighted by atomic mass is 79.9. The van der Waals surface area contributed by atoms with Gasteiger partial charge in [-0.2, -0.15) is 13.2 Å². The SMILES string of the molecule is [B]C1([B])N(c2nc3ccc(Br)cc3c(C(=O)NCC(CCC(=O)O)c3ccccc3C(F)(F)F)c2C)C([B])([B])C([B])([B])C1([B])[B]. The molecule has 1 unspecified atom stereocenters. The maximum atomic E-state index is 14.0. The molecule has 1 fully saturated rings. The molecular formula is C27H19B8BrF3N3O3. The van der Waals surface area contributed by atoms with Crippen LogP contribution in [0.3, 0.4) is 0 Å². The van der Waals surface area contributed by atoms with Gasteiger partial charge in [-0.3, -0.25) is 9.59 Å². The second-order valence-electron chi connectivity index (χ2n) is 11.2. The number of hydrogen-bond acceptors (Lipinski definition) is 4. The van der Waals surface area contributed by atoms with Gasteiger partial charge in [0.05, 0.1) is 79.4 Å². The second-order valence-corrected chi connectivity index (χ2v) is 12.2. The minimum absolute atomic E-state index is 0.00447. The van der Waals surface area contributed by atoms with E-state index in [4.69, 9.17) is 62.8 Å². The Labute approximate surface area is 278 Å². The van der Waals surface area contributed by atoms with Crippen LogP contribution >= 0.6 is 15.9 Å². The molecule has 1 aromatic heterocycles. The van der Waals surface area contributed by atoms with Crippen LogP contribution in [0.25, 0.3) is 10.9 Å². The van der Waals surface area contributed by atoms with Crippen molar-refractivity contribution in [2.45, 2.75) is 53.0 Å². The molecular weight excluding hydrogens is 638 g/mol. The zero-order chi connectivity index (χ0) is 33.9.